The van der Waals surface area contributed by atoms with Gasteiger partial charge >= 0.3 is 0 Å². The fourth-order valence-corrected chi connectivity index (χ4v) is 2.42. The molecule has 100 valence electrons. The van der Waals surface area contributed by atoms with Gasteiger partial charge in [-0.3, -0.25) is 4.90 Å². The van der Waals surface area contributed by atoms with Crippen LogP contribution in [0.15, 0.2) is 24.3 Å². The number of para-hydroxylation sites is 1. The van der Waals surface area contributed by atoms with Gasteiger partial charge in [-0.1, -0.05) is 32.0 Å². The summed E-state index contributed by atoms with van der Waals surface area (Å²) in [5.41, 5.74) is 7.15. The van der Waals surface area contributed by atoms with Gasteiger partial charge in [0.25, 0.3) is 0 Å². The third-order valence-electron chi connectivity index (χ3n) is 3.77. The minimum Gasteiger partial charge on any atom is -0.492 e. The summed E-state index contributed by atoms with van der Waals surface area (Å²) in [6.07, 6.45) is 0. The second-order valence-electron chi connectivity index (χ2n) is 5.43. The van der Waals surface area contributed by atoms with Crippen LogP contribution >= 0.6 is 0 Å². The largest absolute Gasteiger partial charge is 0.492 e. The van der Waals surface area contributed by atoms with Gasteiger partial charge in [0.15, 0.2) is 0 Å². The van der Waals surface area contributed by atoms with Gasteiger partial charge < -0.3 is 10.5 Å². The van der Waals surface area contributed by atoms with Gasteiger partial charge in [-0.05, 0) is 24.4 Å². The van der Waals surface area contributed by atoms with E-state index in [1.165, 1.54) is 5.56 Å². The van der Waals surface area contributed by atoms with Crippen molar-refractivity contribution in [2.24, 2.45) is 17.6 Å². The van der Waals surface area contributed by atoms with Crippen molar-refractivity contribution in [3.05, 3.63) is 29.8 Å². The molecule has 1 aromatic carbocycles. The number of ether oxygens (including phenoxy) is 1. The molecule has 3 heteroatoms. The van der Waals surface area contributed by atoms with Crippen molar-refractivity contribution >= 4 is 0 Å². The molecule has 0 spiro atoms. The van der Waals surface area contributed by atoms with Crippen LogP contribution in [-0.4, -0.2) is 31.1 Å². The van der Waals surface area contributed by atoms with Gasteiger partial charge in [0.2, 0.25) is 0 Å². The van der Waals surface area contributed by atoms with Crippen LogP contribution < -0.4 is 10.5 Å². The normalized spacial score (nSPS) is 18.0. The molecule has 3 nitrogen and oxygen atoms in total. The molecule has 0 amide bonds. The van der Waals surface area contributed by atoms with E-state index < -0.39 is 0 Å². The lowest BCUT2D eigenvalue weighted by molar-refractivity contribution is 0.180. The van der Waals surface area contributed by atoms with Crippen LogP contribution in [0.1, 0.15) is 19.4 Å². The minimum absolute atomic E-state index is 0.565. The quantitative estimate of drug-likeness (QED) is 0.887. The van der Waals surface area contributed by atoms with Crippen molar-refractivity contribution in [3.8, 4) is 5.75 Å². The first-order valence-corrected chi connectivity index (χ1v) is 6.84. The molecule has 2 rings (SSSR count). The Kier molecular flexibility index (Phi) is 4.61. The third-order valence-corrected chi connectivity index (χ3v) is 3.77. The summed E-state index contributed by atoms with van der Waals surface area (Å²) in [5, 5.41) is 0. The Balaban J connectivity index is 2.03. The number of rotatable bonds is 4. The number of hydrogen-bond acceptors (Lipinski definition) is 3. The highest BCUT2D eigenvalue weighted by Crippen LogP contribution is 2.23. The Morgan fingerprint density at radius 1 is 1.33 bits per heavy atom. The van der Waals surface area contributed by atoms with E-state index >= 15 is 0 Å². The molecule has 0 aromatic heterocycles. The molecule has 0 fully saturated rings. The highest BCUT2D eigenvalue weighted by atomic mass is 16.5. The van der Waals surface area contributed by atoms with Crippen molar-refractivity contribution in [2.45, 2.75) is 20.4 Å². The van der Waals surface area contributed by atoms with Crippen molar-refractivity contribution in [1.29, 1.82) is 0 Å². The molecule has 1 atom stereocenters. The summed E-state index contributed by atoms with van der Waals surface area (Å²) in [7, 11) is 0. The standard InChI is InChI=1S/C15H24N2O/c1-12(2)14(9-16)11-17-7-8-18-15-6-4-3-5-13(15)10-17/h3-6,12,14H,7-11,16H2,1-2H3. The van der Waals surface area contributed by atoms with Crippen LogP contribution in [-0.2, 0) is 6.54 Å². The van der Waals surface area contributed by atoms with Crippen LogP contribution in [0.5, 0.6) is 5.75 Å². The maximum atomic E-state index is 5.87. The summed E-state index contributed by atoms with van der Waals surface area (Å²) < 4.78 is 5.78. The average molecular weight is 248 g/mol. The number of fused-ring (bicyclic) bond motifs is 1. The fraction of sp³-hybridized carbons (Fsp3) is 0.600. The Labute approximate surface area is 110 Å². The monoisotopic (exact) mass is 248 g/mol. The van der Waals surface area contributed by atoms with Gasteiger partial charge in [0.1, 0.15) is 12.4 Å². The summed E-state index contributed by atoms with van der Waals surface area (Å²) in [5.74, 6) is 2.23. The van der Waals surface area contributed by atoms with Gasteiger partial charge in [-0.25, -0.2) is 0 Å². The minimum atomic E-state index is 0.565. The smallest absolute Gasteiger partial charge is 0.123 e. The summed E-state index contributed by atoms with van der Waals surface area (Å²) in [6, 6.07) is 8.32. The first kappa shape index (κ1) is 13.4. The van der Waals surface area contributed by atoms with Gasteiger partial charge in [0.05, 0.1) is 0 Å². The fourth-order valence-electron chi connectivity index (χ4n) is 2.42. The summed E-state index contributed by atoms with van der Waals surface area (Å²) in [6.45, 7) is 9.05. The van der Waals surface area contributed by atoms with E-state index in [1.54, 1.807) is 0 Å². The lowest BCUT2D eigenvalue weighted by Crippen LogP contribution is -2.36. The average Bonchev–Trinajstić information content (AvgIpc) is 2.57. The molecule has 1 aliphatic heterocycles. The molecule has 0 radical (unpaired) electrons. The molecule has 0 bridgehead atoms. The molecule has 0 saturated heterocycles. The maximum absolute atomic E-state index is 5.87. The zero-order chi connectivity index (χ0) is 13.0. The van der Waals surface area contributed by atoms with E-state index in [-0.39, 0.29) is 0 Å². The van der Waals surface area contributed by atoms with Gasteiger partial charge in [-0.2, -0.15) is 0 Å². The van der Waals surface area contributed by atoms with E-state index in [0.29, 0.717) is 11.8 Å². The number of benzene rings is 1. The SMILES string of the molecule is CC(C)C(CN)CN1CCOc2ccccc2C1. The molecule has 18 heavy (non-hydrogen) atoms. The molecular weight excluding hydrogens is 224 g/mol. The van der Waals surface area contributed by atoms with E-state index in [4.69, 9.17) is 10.5 Å². The third kappa shape index (κ3) is 3.24. The van der Waals surface area contributed by atoms with Crippen LogP contribution in [0.25, 0.3) is 0 Å². The molecular formula is C15H24N2O. The van der Waals surface area contributed by atoms with Crippen molar-refractivity contribution in [2.75, 3.05) is 26.2 Å². The molecule has 0 saturated carbocycles. The van der Waals surface area contributed by atoms with E-state index in [0.717, 1.165) is 38.5 Å². The lowest BCUT2D eigenvalue weighted by atomic mass is 9.95. The highest BCUT2D eigenvalue weighted by Gasteiger charge is 2.19. The maximum Gasteiger partial charge on any atom is 0.123 e. The molecule has 1 aliphatic rings. The van der Waals surface area contributed by atoms with Crippen LogP contribution in [0.3, 0.4) is 0 Å². The molecule has 0 aliphatic carbocycles. The van der Waals surface area contributed by atoms with Crippen molar-refractivity contribution < 1.29 is 4.74 Å². The second kappa shape index (κ2) is 6.21. The zero-order valence-corrected chi connectivity index (χ0v) is 11.4. The van der Waals surface area contributed by atoms with E-state index in [1.807, 2.05) is 6.07 Å². The van der Waals surface area contributed by atoms with E-state index in [2.05, 4.69) is 36.9 Å². The Bertz CT molecular complexity index is 379. The Morgan fingerprint density at radius 3 is 2.83 bits per heavy atom. The molecule has 2 N–H and O–H groups in total. The number of nitrogens with zero attached hydrogens (tertiary/aromatic N) is 1. The predicted octanol–water partition coefficient (Wildman–Crippen LogP) is 2.11. The topological polar surface area (TPSA) is 38.5 Å². The van der Waals surface area contributed by atoms with Crippen molar-refractivity contribution in [1.82, 2.24) is 4.90 Å². The Morgan fingerprint density at radius 2 is 2.11 bits per heavy atom. The molecule has 1 aromatic rings. The Hall–Kier alpha value is -1.06. The van der Waals surface area contributed by atoms with Gasteiger partial charge in [-0.15, -0.1) is 0 Å². The number of hydrogen-bond donors (Lipinski definition) is 1. The summed E-state index contributed by atoms with van der Waals surface area (Å²) in [4.78, 5) is 2.46. The van der Waals surface area contributed by atoms with Gasteiger partial charge in [0, 0.05) is 25.2 Å². The van der Waals surface area contributed by atoms with Crippen LogP contribution in [0.2, 0.25) is 0 Å². The first-order valence-electron chi connectivity index (χ1n) is 6.84. The molecule has 1 unspecified atom stereocenters. The highest BCUT2D eigenvalue weighted by molar-refractivity contribution is 5.33. The lowest BCUT2D eigenvalue weighted by Gasteiger charge is -2.27. The molecule has 1 heterocycles. The first-order chi connectivity index (χ1) is 8.70. The summed E-state index contributed by atoms with van der Waals surface area (Å²) >= 11 is 0. The number of nitrogens with two attached hydrogens (primary N) is 1. The van der Waals surface area contributed by atoms with E-state index in [9.17, 15) is 0 Å². The van der Waals surface area contributed by atoms with Crippen molar-refractivity contribution in [3.63, 3.8) is 0 Å². The zero-order valence-electron chi connectivity index (χ0n) is 11.4. The van der Waals surface area contributed by atoms with Crippen LogP contribution in [0.4, 0.5) is 0 Å². The van der Waals surface area contributed by atoms with Crippen LogP contribution in [0, 0.1) is 11.8 Å². The second-order valence-corrected chi connectivity index (χ2v) is 5.43. The predicted molar refractivity (Wildman–Crippen MR) is 74.6 cm³/mol.